The maximum atomic E-state index is 2.60. The Labute approximate surface area is 146 Å². The van der Waals surface area contributed by atoms with Crippen LogP contribution in [0.1, 0.15) is 12.0 Å². The van der Waals surface area contributed by atoms with E-state index in [1.165, 1.54) is 49.4 Å². The van der Waals surface area contributed by atoms with Crippen molar-refractivity contribution >= 4 is 11.4 Å². The molecule has 1 aliphatic heterocycles. The third kappa shape index (κ3) is 4.51. The topological polar surface area (TPSA) is 9.72 Å². The smallest absolute Gasteiger partial charge is 0.0367 e. The van der Waals surface area contributed by atoms with Crippen molar-refractivity contribution in [3.63, 3.8) is 0 Å². The molecule has 3 rings (SSSR count). The number of hydrogen-bond donors (Lipinski definition) is 0. The second kappa shape index (κ2) is 8.20. The fourth-order valence-corrected chi connectivity index (χ4v) is 3.34. The van der Waals surface area contributed by atoms with Crippen LogP contribution < -0.4 is 9.80 Å². The molecule has 1 heterocycles. The fraction of sp³-hybridized carbons (Fsp3) is 0.429. The van der Waals surface area contributed by atoms with Crippen LogP contribution in [0.15, 0.2) is 54.6 Å². The molecule has 0 amide bonds. The SMILES string of the molecule is CN(C)c1ccc(CCCN2CCN(c3ccccc3)CC2)cc1. The molecule has 3 heteroatoms. The van der Waals surface area contributed by atoms with Crippen LogP contribution in [0.2, 0.25) is 0 Å². The van der Waals surface area contributed by atoms with Crippen LogP contribution in [0.3, 0.4) is 0 Å². The van der Waals surface area contributed by atoms with Crippen LogP contribution in [0, 0.1) is 0 Å². The van der Waals surface area contributed by atoms with Gasteiger partial charge in [-0.3, -0.25) is 4.90 Å². The first-order chi connectivity index (χ1) is 11.7. The van der Waals surface area contributed by atoms with Gasteiger partial charge in [0.05, 0.1) is 0 Å². The van der Waals surface area contributed by atoms with Crippen molar-refractivity contribution in [1.82, 2.24) is 4.90 Å². The molecule has 0 atom stereocenters. The van der Waals surface area contributed by atoms with Crippen molar-refractivity contribution in [3.8, 4) is 0 Å². The lowest BCUT2D eigenvalue weighted by Crippen LogP contribution is -2.46. The van der Waals surface area contributed by atoms with E-state index in [4.69, 9.17) is 0 Å². The molecule has 0 aromatic heterocycles. The van der Waals surface area contributed by atoms with Gasteiger partial charge in [0.25, 0.3) is 0 Å². The molecular formula is C21H29N3. The Balaban J connectivity index is 1.39. The molecule has 0 radical (unpaired) electrons. The molecule has 128 valence electrons. The zero-order valence-electron chi connectivity index (χ0n) is 15.0. The van der Waals surface area contributed by atoms with Gasteiger partial charge < -0.3 is 9.80 Å². The zero-order valence-corrected chi connectivity index (χ0v) is 15.0. The average molecular weight is 323 g/mol. The van der Waals surface area contributed by atoms with Crippen LogP contribution in [0.25, 0.3) is 0 Å². The minimum Gasteiger partial charge on any atom is -0.378 e. The van der Waals surface area contributed by atoms with Crippen molar-refractivity contribution in [3.05, 3.63) is 60.2 Å². The monoisotopic (exact) mass is 323 g/mol. The second-order valence-electron chi connectivity index (χ2n) is 6.83. The van der Waals surface area contributed by atoms with Gasteiger partial charge in [-0.25, -0.2) is 0 Å². The van der Waals surface area contributed by atoms with Gasteiger partial charge in [-0.2, -0.15) is 0 Å². The Kier molecular flexibility index (Phi) is 5.76. The van der Waals surface area contributed by atoms with Crippen LogP contribution >= 0.6 is 0 Å². The van der Waals surface area contributed by atoms with Crippen molar-refractivity contribution in [1.29, 1.82) is 0 Å². The van der Waals surface area contributed by atoms with E-state index >= 15 is 0 Å². The Bertz CT molecular complexity index is 599. The minimum atomic E-state index is 1.14. The molecule has 2 aromatic carbocycles. The summed E-state index contributed by atoms with van der Waals surface area (Å²) in [5.74, 6) is 0. The van der Waals surface area contributed by atoms with Crippen LogP contribution in [-0.2, 0) is 6.42 Å². The minimum absolute atomic E-state index is 1.14. The highest BCUT2D eigenvalue weighted by atomic mass is 15.3. The molecule has 1 saturated heterocycles. The van der Waals surface area contributed by atoms with Gasteiger partial charge in [0, 0.05) is 51.6 Å². The van der Waals surface area contributed by atoms with E-state index in [-0.39, 0.29) is 0 Å². The highest BCUT2D eigenvalue weighted by Crippen LogP contribution is 2.16. The fourth-order valence-electron chi connectivity index (χ4n) is 3.34. The summed E-state index contributed by atoms with van der Waals surface area (Å²) < 4.78 is 0. The summed E-state index contributed by atoms with van der Waals surface area (Å²) in [7, 11) is 4.17. The van der Waals surface area contributed by atoms with Gasteiger partial charge >= 0.3 is 0 Å². The van der Waals surface area contributed by atoms with Gasteiger partial charge in [0.2, 0.25) is 0 Å². The summed E-state index contributed by atoms with van der Waals surface area (Å²) in [6, 6.07) is 19.7. The lowest BCUT2D eigenvalue weighted by Gasteiger charge is -2.36. The van der Waals surface area contributed by atoms with E-state index in [1.807, 2.05) is 0 Å². The first-order valence-electron chi connectivity index (χ1n) is 9.01. The second-order valence-corrected chi connectivity index (χ2v) is 6.83. The Morgan fingerprint density at radius 2 is 1.50 bits per heavy atom. The molecule has 2 aromatic rings. The molecule has 0 N–H and O–H groups in total. The highest BCUT2D eigenvalue weighted by molar-refractivity contribution is 5.47. The normalized spacial score (nSPS) is 15.5. The number of benzene rings is 2. The average Bonchev–Trinajstić information content (AvgIpc) is 2.63. The molecule has 1 fully saturated rings. The van der Waals surface area contributed by atoms with Gasteiger partial charge in [-0.15, -0.1) is 0 Å². The van der Waals surface area contributed by atoms with Gasteiger partial charge in [-0.1, -0.05) is 30.3 Å². The standard InChI is InChI=1S/C21H29N3/c1-22(2)20-12-10-19(11-13-20)7-6-14-23-15-17-24(18-16-23)21-8-4-3-5-9-21/h3-5,8-13H,6-7,14-18H2,1-2H3. The molecule has 1 aliphatic rings. The lowest BCUT2D eigenvalue weighted by molar-refractivity contribution is 0.255. The predicted molar refractivity (Wildman–Crippen MR) is 104 cm³/mol. The van der Waals surface area contributed by atoms with Crippen LogP contribution in [0.4, 0.5) is 11.4 Å². The third-order valence-electron chi connectivity index (χ3n) is 4.89. The van der Waals surface area contributed by atoms with Gasteiger partial charge in [-0.05, 0) is 49.2 Å². The first-order valence-corrected chi connectivity index (χ1v) is 9.01. The van der Waals surface area contributed by atoms with E-state index < -0.39 is 0 Å². The molecule has 3 nitrogen and oxygen atoms in total. The van der Waals surface area contributed by atoms with E-state index in [0.29, 0.717) is 0 Å². The summed E-state index contributed by atoms with van der Waals surface area (Å²) in [5, 5.41) is 0. The largest absolute Gasteiger partial charge is 0.378 e. The van der Waals surface area contributed by atoms with Crippen LogP contribution in [0.5, 0.6) is 0 Å². The molecular weight excluding hydrogens is 294 g/mol. The van der Waals surface area contributed by atoms with E-state index in [9.17, 15) is 0 Å². The van der Waals surface area contributed by atoms with E-state index in [0.717, 1.165) is 13.1 Å². The van der Waals surface area contributed by atoms with E-state index in [1.54, 1.807) is 0 Å². The maximum absolute atomic E-state index is 2.60. The first kappa shape index (κ1) is 16.8. The summed E-state index contributed by atoms with van der Waals surface area (Å²) >= 11 is 0. The number of hydrogen-bond acceptors (Lipinski definition) is 3. The molecule has 0 unspecified atom stereocenters. The number of rotatable bonds is 6. The molecule has 0 spiro atoms. The van der Waals surface area contributed by atoms with Crippen molar-refractivity contribution in [2.45, 2.75) is 12.8 Å². The quantitative estimate of drug-likeness (QED) is 0.805. The van der Waals surface area contributed by atoms with E-state index in [2.05, 4.69) is 83.4 Å². The van der Waals surface area contributed by atoms with Crippen molar-refractivity contribution in [2.75, 3.05) is 56.6 Å². The number of piperazine rings is 1. The Morgan fingerprint density at radius 1 is 0.833 bits per heavy atom. The molecule has 0 aliphatic carbocycles. The Morgan fingerprint density at radius 3 is 2.12 bits per heavy atom. The van der Waals surface area contributed by atoms with Crippen LogP contribution in [-0.4, -0.2) is 51.7 Å². The number of nitrogens with zero attached hydrogens (tertiary/aromatic N) is 3. The zero-order chi connectivity index (χ0) is 16.8. The summed E-state index contributed by atoms with van der Waals surface area (Å²) in [6.07, 6.45) is 2.42. The summed E-state index contributed by atoms with van der Waals surface area (Å²) in [5.41, 5.74) is 4.08. The molecule has 24 heavy (non-hydrogen) atoms. The van der Waals surface area contributed by atoms with Gasteiger partial charge in [0.1, 0.15) is 0 Å². The summed E-state index contributed by atoms with van der Waals surface area (Å²) in [6.45, 7) is 5.84. The number of para-hydroxylation sites is 1. The molecule has 0 bridgehead atoms. The van der Waals surface area contributed by atoms with Gasteiger partial charge in [0.15, 0.2) is 0 Å². The summed E-state index contributed by atoms with van der Waals surface area (Å²) in [4.78, 5) is 7.25. The number of aryl methyl sites for hydroxylation is 1. The van der Waals surface area contributed by atoms with Crippen molar-refractivity contribution < 1.29 is 0 Å². The predicted octanol–water partition coefficient (Wildman–Crippen LogP) is 3.51. The number of anilines is 2. The maximum Gasteiger partial charge on any atom is 0.0367 e. The lowest BCUT2D eigenvalue weighted by atomic mass is 10.1. The Hall–Kier alpha value is -2.00. The third-order valence-corrected chi connectivity index (χ3v) is 4.89. The highest BCUT2D eigenvalue weighted by Gasteiger charge is 2.16. The molecule has 0 saturated carbocycles. The van der Waals surface area contributed by atoms with Crippen molar-refractivity contribution in [2.24, 2.45) is 0 Å².